The zero-order valence-corrected chi connectivity index (χ0v) is 16.1. The Morgan fingerprint density at radius 2 is 2.15 bits per heavy atom. The van der Waals surface area contributed by atoms with Crippen LogP contribution in [0.5, 0.6) is 0 Å². The van der Waals surface area contributed by atoms with Crippen LogP contribution in [-0.4, -0.2) is 52.0 Å². The average molecular weight is 377 g/mol. The largest absolute Gasteiger partial charge is 0.338 e. The Morgan fingerprint density at radius 1 is 1.31 bits per heavy atom. The number of halogens is 1. The summed E-state index contributed by atoms with van der Waals surface area (Å²) in [7, 11) is 0. The zero-order chi connectivity index (χ0) is 18.5. The molecule has 0 bridgehead atoms. The molecule has 3 rings (SSSR count). The molecule has 1 amide bonds. The molecule has 0 spiro atoms. The summed E-state index contributed by atoms with van der Waals surface area (Å²) in [4.78, 5) is 21.4. The van der Waals surface area contributed by atoms with Gasteiger partial charge < -0.3 is 9.42 Å². The van der Waals surface area contributed by atoms with E-state index < -0.39 is 0 Å². The van der Waals surface area contributed by atoms with Gasteiger partial charge in [0.1, 0.15) is 0 Å². The maximum absolute atomic E-state index is 12.7. The lowest BCUT2D eigenvalue weighted by Crippen LogP contribution is -2.36. The summed E-state index contributed by atoms with van der Waals surface area (Å²) in [5, 5.41) is 4.63. The van der Waals surface area contributed by atoms with Gasteiger partial charge in [0, 0.05) is 43.2 Å². The molecule has 1 aliphatic rings. The van der Waals surface area contributed by atoms with Gasteiger partial charge in [-0.15, -0.1) is 0 Å². The van der Waals surface area contributed by atoms with Crippen molar-refractivity contribution < 1.29 is 9.32 Å². The molecule has 0 unspecified atom stereocenters. The van der Waals surface area contributed by atoms with Gasteiger partial charge in [-0.2, -0.15) is 4.98 Å². The second-order valence-electron chi connectivity index (χ2n) is 6.67. The van der Waals surface area contributed by atoms with Crippen LogP contribution in [0.2, 0.25) is 5.02 Å². The molecule has 1 aromatic carbocycles. The van der Waals surface area contributed by atoms with E-state index in [1.165, 1.54) is 0 Å². The molecule has 1 aliphatic heterocycles. The summed E-state index contributed by atoms with van der Waals surface area (Å²) in [5.74, 6) is 1.45. The summed E-state index contributed by atoms with van der Waals surface area (Å²) < 4.78 is 5.43. The molecule has 0 radical (unpaired) electrons. The minimum Gasteiger partial charge on any atom is -0.338 e. The third kappa shape index (κ3) is 4.43. The second kappa shape index (κ2) is 8.64. The fourth-order valence-electron chi connectivity index (χ4n) is 3.25. The summed E-state index contributed by atoms with van der Waals surface area (Å²) in [5.41, 5.74) is 0.639. The van der Waals surface area contributed by atoms with Gasteiger partial charge in [0.2, 0.25) is 5.89 Å². The molecule has 1 atom stereocenters. The average Bonchev–Trinajstić information content (AvgIpc) is 2.96. The normalized spacial score (nSPS) is 17.1. The quantitative estimate of drug-likeness (QED) is 0.798. The molecule has 26 heavy (non-hydrogen) atoms. The highest BCUT2D eigenvalue weighted by Crippen LogP contribution is 2.21. The van der Waals surface area contributed by atoms with Gasteiger partial charge in [-0.1, -0.05) is 29.7 Å². The molecule has 1 fully saturated rings. The number of hydrogen-bond acceptors (Lipinski definition) is 5. The minimum absolute atomic E-state index is 0.0324. The van der Waals surface area contributed by atoms with Crippen molar-refractivity contribution in [2.45, 2.75) is 39.2 Å². The highest BCUT2D eigenvalue weighted by Gasteiger charge is 2.26. The van der Waals surface area contributed by atoms with Gasteiger partial charge in [0.25, 0.3) is 5.91 Å². The van der Waals surface area contributed by atoms with Gasteiger partial charge in [-0.05, 0) is 38.0 Å². The maximum Gasteiger partial charge on any atom is 0.253 e. The second-order valence-corrected chi connectivity index (χ2v) is 7.10. The molecular formula is C19H25ClN4O2. The monoisotopic (exact) mass is 376 g/mol. The summed E-state index contributed by atoms with van der Waals surface area (Å²) in [6, 6.07) is 7.18. The van der Waals surface area contributed by atoms with Gasteiger partial charge >= 0.3 is 0 Å². The topological polar surface area (TPSA) is 62.5 Å². The number of aromatic nitrogens is 2. The smallest absolute Gasteiger partial charge is 0.253 e. The van der Waals surface area contributed by atoms with E-state index in [-0.39, 0.29) is 11.9 Å². The Kier molecular flexibility index (Phi) is 6.27. The van der Waals surface area contributed by atoms with Crippen LogP contribution in [0.25, 0.3) is 0 Å². The molecule has 2 aromatic rings. The van der Waals surface area contributed by atoms with Gasteiger partial charge in [0.15, 0.2) is 5.82 Å². The molecule has 0 saturated carbocycles. The minimum atomic E-state index is 0.0324. The van der Waals surface area contributed by atoms with E-state index in [1.807, 2.05) is 17.0 Å². The van der Waals surface area contributed by atoms with Gasteiger partial charge in [-0.25, -0.2) is 0 Å². The lowest BCUT2D eigenvalue weighted by Gasteiger charge is -2.25. The first-order chi connectivity index (χ1) is 12.6. The van der Waals surface area contributed by atoms with Crippen LogP contribution in [0.3, 0.4) is 0 Å². The first-order valence-corrected chi connectivity index (χ1v) is 9.57. The van der Waals surface area contributed by atoms with Crippen molar-refractivity contribution in [3.8, 4) is 0 Å². The molecule has 0 N–H and O–H groups in total. The molecule has 7 heteroatoms. The van der Waals surface area contributed by atoms with Crippen molar-refractivity contribution in [1.29, 1.82) is 0 Å². The van der Waals surface area contributed by atoms with Crippen molar-refractivity contribution in [3.63, 3.8) is 0 Å². The number of carbonyl (C=O) groups excluding carboxylic acids is 1. The Labute approximate surface area is 159 Å². The van der Waals surface area contributed by atoms with Crippen LogP contribution < -0.4 is 0 Å². The van der Waals surface area contributed by atoms with Crippen LogP contribution in [0.15, 0.2) is 28.8 Å². The van der Waals surface area contributed by atoms with Crippen LogP contribution in [0, 0.1) is 0 Å². The van der Waals surface area contributed by atoms with E-state index in [0.717, 1.165) is 44.7 Å². The van der Waals surface area contributed by atoms with Gasteiger partial charge in [-0.3, -0.25) is 9.69 Å². The number of carbonyl (C=O) groups is 1. The highest BCUT2D eigenvalue weighted by molar-refractivity contribution is 6.30. The molecule has 6 nitrogen and oxygen atoms in total. The van der Waals surface area contributed by atoms with Crippen molar-refractivity contribution in [2.75, 3.05) is 26.2 Å². The molecule has 1 aromatic heterocycles. The summed E-state index contributed by atoms with van der Waals surface area (Å²) >= 11 is 6.01. The van der Waals surface area contributed by atoms with Crippen LogP contribution in [0.4, 0.5) is 0 Å². The Hall–Kier alpha value is -1.92. The number of aryl methyl sites for hydroxylation is 1. The molecule has 0 aliphatic carbocycles. The van der Waals surface area contributed by atoms with Crippen molar-refractivity contribution >= 4 is 17.5 Å². The third-order valence-electron chi connectivity index (χ3n) is 4.75. The Bertz CT molecular complexity index is 749. The fraction of sp³-hybridized carbons (Fsp3) is 0.526. The maximum atomic E-state index is 12.7. The number of hydrogen-bond donors (Lipinski definition) is 0. The SMILES string of the molecule is CCCc1noc([C@H](C)N2CCCN(C(=O)c3cccc(Cl)c3)CC2)n1. The summed E-state index contributed by atoms with van der Waals surface area (Å²) in [6.07, 6.45) is 2.74. The third-order valence-corrected chi connectivity index (χ3v) is 4.99. The number of rotatable bonds is 5. The van der Waals surface area contributed by atoms with Crippen molar-refractivity contribution in [1.82, 2.24) is 19.9 Å². The van der Waals surface area contributed by atoms with Crippen LogP contribution in [0.1, 0.15) is 54.8 Å². The summed E-state index contributed by atoms with van der Waals surface area (Å²) in [6.45, 7) is 7.26. The van der Waals surface area contributed by atoms with Crippen LogP contribution in [-0.2, 0) is 6.42 Å². The standard InChI is InChI=1S/C19H25ClN4O2/c1-3-6-17-21-18(26-22-17)14(2)23-9-5-10-24(12-11-23)19(25)15-7-4-8-16(20)13-15/h4,7-8,13-14H,3,5-6,9-12H2,1-2H3/t14-/m0/s1. The van der Waals surface area contributed by atoms with E-state index in [4.69, 9.17) is 16.1 Å². The van der Waals surface area contributed by atoms with E-state index in [2.05, 4.69) is 28.9 Å². The lowest BCUT2D eigenvalue weighted by molar-refractivity contribution is 0.0757. The van der Waals surface area contributed by atoms with E-state index in [0.29, 0.717) is 23.0 Å². The zero-order valence-electron chi connectivity index (χ0n) is 15.3. The number of benzene rings is 1. The van der Waals surface area contributed by atoms with E-state index in [9.17, 15) is 4.79 Å². The molecule has 1 saturated heterocycles. The van der Waals surface area contributed by atoms with Crippen molar-refractivity contribution in [3.05, 3.63) is 46.6 Å². The first kappa shape index (κ1) is 18.9. The molecular weight excluding hydrogens is 352 g/mol. The predicted molar refractivity (Wildman–Crippen MR) is 100 cm³/mol. The predicted octanol–water partition coefficient (Wildman–Crippen LogP) is 3.58. The Balaban J connectivity index is 1.63. The highest BCUT2D eigenvalue weighted by atomic mass is 35.5. The van der Waals surface area contributed by atoms with Gasteiger partial charge in [0.05, 0.1) is 6.04 Å². The first-order valence-electron chi connectivity index (χ1n) is 9.20. The number of amides is 1. The van der Waals surface area contributed by atoms with E-state index >= 15 is 0 Å². The molecule has 140 valence electrons. The molecule has 2 heterocycles. The van der Waals surface area contributed by atoms with Crippen LogP contribution >= 0.6 is 11.6 Å². The fourth-order valence-corrected chi connectivity index (χ4v) is 3.44. The Morgan fingerprint density at radius 3 is 2.92 bits per heavy atom. The van der Waals surface area contributed by atoms with E-state index in [1.54, 1.807) is 12.1 Å². The van der Waals surface area contributed by atoms with Crippen molar-refractivity contribution in [2.24, 2.45) is 0 Å². The number of nitrogens with zero attached hydrogens (tertiary/aromatic N) is 4. The lowest BCUT2D eigenvalue weighted by atomic mass is 10.2.